The number of likely N-dealkylation sites (N-methyl/N-ethyl adjacent to an activating group) is 1. The van der Waals surface area contributed by atoms with Gasteiger partial charge in [0, 0.05) is 32.2 Å². The van der Waals surface area contributed by atoms with Crippen LogP contribution in [0.25, 0.3) is 0 Å². The molecule has 1 atom stereocenters. The van der Waals surface area contributed by atoms with Crippen LogP contribution >= 0.6 is 0 Å². The number of hydrogen-bond acceptors (Lipinski definition) is 3. The van der Waals surface area contributed by atoms with Gasteiger partial charge < -0.3 is 15.5 Å². The van der Waals surface area contributed by atoms with Crippen LogP contribution in [0, 0.1) is 0 Å². The topological polar surface area (TPSA) is 27.3 Å². The molecular formula is C9H21N3. The van der Waals surface area contributed by atoms with Crippen molar-refractivity contribution in [1.29, 1.82) is 0 Å². The predicted octanol–water partition coefficient (Wildman–Crippen LogP) is -0.110. The lowest BCUT2D eigenvalue weighted by atomic mass is 10.2. The monoisotopic (exact) mass is 171 g/mol. The summed E-state index contributed by atoms with van der Waals surface area (Å²) in [4.78, 5) is 2.38. The Hall–Kier alpha value is -0.120. The highest BCUT2D eigenvalue weighted by Gasteiger charge is 2.14. The van der Waals surface area contributed by atoms with Gasteiger partial charge in [0.1, 0.15) is 0 Å². The normalized spacial score (nSPS) is 26.0. The van der Waals surface area contributed by atoms with Gasteiger partial charge in [-0.15, -0.1) is 0 Å². The van der Waals surface area contributed by atoms with Crippen molar-refractivity contribution in [2.45, 2.75) is 19.4 Å². The third-order valence-electron chi connectivity index (χ3n) is 2.28. The summed E-state index contributed by atoms with van der Waals surface area (Å²) in [5.41, 5.74) is 0. The first-order valence-electron chi connectivity index (χ1n) is 4.95. The molecule has 1 fully saturated rings. The summed E-state index contributed by atoms with van der Waals surface area (Å²) in [5.74, 6) is 0. The third kappa shape index (κ3) is 3.52. The lowest BCUT2D eigenvalue weighted by molar-refractivity contribution is 0.235. The number of nitrogens with one attached hydrogen (secondary N) is 2. The summed E-state index contributed by atoms with van der Waals surface area (Å²) in [6, 6.07) is 0.648. The fraction of sp³-hybridized carbons (Fsp3) is 1.00. The van der Waals surface area contributed by atoms with Gasteiger partial charge in [-0.3, -0.25) is 0 Å². The molecule has 0 saturated carbocycles. The van der Waals surface area contributed by atoms with Gasteiger partial charge in [-0.25, -0.2) is 0 Å². The molecule has 0 aromatic heterocycles. The first-order chi connectivity index (χ1) is 5.83. The molecule has 0 aromatic rings. The van der Waals surface area contributed by atoms with Gasteiger partial charge in [0.15, 0.2) is 0 Å². The van der Waals surface area contributed by atoms with E-state index >= 15 is 0 Å². The Balaban J connectivity index is 2.06. The molecule has 1 rings (SSSR count). The summed E-state index contributed by atoms with van der Waals surface area (Å²) >= 11 is 0. The molecule has 3 nitrogen and oxygen atoms in total. The van der Waals surface area contributed by atoms with Gasteiger partial charge in [-0.2, -0.15) is 0 Å². The largest absolute Gasteiger partial charge is 0.315 e. The van der Waals surface area contributed by atoms with E-state index in [1.165, 1.54) is 19.5 Å². The molecule has 2 N–H and O–H groups in total. The molecule has 12 heavy (non-hydrogen) atoms. The van der Waals surface area contributed by atoms with E-state index in [9.17, 15) is 0 Å². The van der Waals surface area contributed by atoms with Crippen LogP contribution in [0.5, 0.6) is 0 Å². The fourth-order valence-electron chi connectivity index (χ4n) is 1.58. The van der Waals surface area contributed by atoms with Crippen LogP contribution in [0.15, 0.2) is 0 Å². The number of rotatable bonds is 4. The Morgan fingerprint density at radius 2 is 2.42 bits per heavy atom. The molecule has 72 valence electrons. The summed E-state index contributed by atoms with van der Waals surface area (Å²) in [6.45, 7) is 7.95. The van der Waals surface area contributed by atoms with Crippen molar-refractivity contribution in [3.63, 3.8) is 0 Å². The van der Waals surface area contributed by atoms with Gasteiger partial charge >= 0.3 is 0 Å². The van der Waals surface area contributed by atoms with Crippen LogP contribution in [0.4, 0.5) is 0 Å². The van der Waals surface area contributed by atoms with Crippen LogP contribution in [0.2, 0.25) is 0 Å². The lowest BCUT2D eigenvalue weighted by Crippen LogP contribution is -2.53. The molecule has 1 unspecified atom stereocenters. The summed E-state index contributed by atoms with van der Waals surface area (Å²) < 4.78 is 0. The van der Waals surface area contributed by atoms with Crippen LogP contribution in [-0.4, -0.2) is 50.7 Å². The van der Waals surface area contributed by atoms with Gasteiger partial charge in [0.2, 0.25) is 0 Å². The Morgan fingerprint density at radius 3 is 3.08 bits per heavy atom. The molecule has 1 aliphatic heterocycles. The molecule has 0 aromatic carbocycles. The van der Waals surface area contributed by atoms with Crippen LogP contribution < -0.4 is 10.6 Å². The SMILES string of the molecule is CCCNCC1CN(C)CCN1. The zero-order valence-corrected chi connectivity index (χ0v) is 8.27. The molecular weight excluding hydrogens is 150 g/mol. The van der Waals surface area contributed by atoms with Crippen molar-refractivity contribution < 1.29 is 0 Å². The lowest BCUT2D eigenvalue weighted by Gasteiger charge is -2.31. The first-order valence-corrected chi connectivity index (χ1v) is 4.95. The van der Waals surface area contributed by atoms with E-state index in [0.29, 0.717) is 6.04 Å². The highest BCUT2D eigenvalue weighted by Crippen LogP contribution is 1.94. The molecule has 0 radical (unpaired) electrons. The highest BCUT2D eigenvalue weighted by molar-refractivity contribution is 4.78. The summed E-state index contributed by atoms with van der Waals surface area (Å²) in [7, 11) is 2.19. The average molecular weight is 171 g/mol. The van der Waals surface area contributed by atoms with Gasteiger partial charge in [0.25, 0.3) is 0 Å². The van der Waals surface area contributed by atoms with Crippen molar-refractivity contribution in [2.24, 2.45) is 0 Å². The minimum atomic E-state index is 0.648. The number of nitrogens with zero attached hydrogens (tertiary/aromatic N) is 1. The maximum absolute atomic E-state index is 3.50. The summed E-state index contributed by atoms with van der Waals surface area (Å²) in [6.07, 6.45) is 1.22. The van der Waals surface area contributed by atoms with Crippen molar-refractivity contribution in [3.8, 4) is 0 Å². The Kier molecular flexibility index (Phi) is 4.58. The van der Waals surface area contributed by atoms with Crippen molar-refractivity contribution in [2.75, 3.05) is 39.8 Å². The van der Waals surface area contributed by atoms with E-state index in [2.05, 4.69) is 29.5 Å². The zero-order chi connectivity index (χ0) is 8.81. The zero-order valence-electron chi connectivity index (χ0n) is 8.27. The second kappa shape index (κ2) is 5.51. The highest BCUT2D eigenvalue weighted by atomic mass is 15.2. The molecule has 0 spiro atoms. The Labute approximate surface area is 75.5 Å². The first kappa shape index (κ1) is 9.96. The number of piperazine rings is 1. The molecule has 0 amide bonds. The van der Waals surface area contributed by atoms with Gasteiger partial charge in [-0.05, 0) is 20.0 Å². The van der Waals surface area contributed by atoms with E-state index in [1.807, 2.05) is 0 Å². The van der Waals surface area contributed by atoms with Crippen LogP contribution in [0.1, 0.15) is 13.3 Å². The molecule has 1 aliphatic rings. The van der Waals surface area contributed by atoms with Gasteiger partial charge in [0.05, 0.1) is 0 Å². The standard InChI is InChI=1S/C9H21N3/c1-3-4-10-7-9-8-12(2)6-5-11-9/h9-11H,3-8H2,1-2H3. The Morgan fingerprint density at radius 1 is 1.58 bits per heavy atom. The smallest absolute Gasteiger partial charge is 0.0320 e. The van der Waals surface area contributed by atoms with E-state index in [4.69, 9.17) is 0 Å². The second-order valence-corrected chi connectivity index (χ2v) is 3.62. The van der Waals surface area contributed by atoms with Crippen molar-refractivity contribution in [1.82, 2.24) is 15.5 Å². The minimum absolute atomic E-state index is 0.648. The molecule has 1 saturated heterocycles. The van der Waals surface area contributed by atoms with Gasteiger partial charge in [-0.1, -0.05) is 6.92 Å². The maximum atomic E-state index is 3.50. The third-order valence-corrected chi connectivity index (χ3v) is 2.28. The van der Waals surface area contributed by atoms with E-state index in [-0.39, 0.29) is 0 Å². The summed E-state index contributed by atoms with van der Waals surface area (Å²) in [5, 5.41) is 6.94. The predicted molar refractivity (Wildman–Crippen MR) is 52.4 cm³/mol. The second-order valence-electron chi connectivity index (χ2n) is 3.62. The van der Waals surface area contributed by atoms with Crippen LogP contribution in [-0.2, 0) is 0 Å². The maximum Gasteiger partial charge on any atom is 0.0320 e. The van der Waals surface area contributed by atoms with E-state index < -0.39 is 0 Å². The molecule has 1 heterocycles. The minimum Gasteiger partial charge on any atom is -0.315 e. The van der Waals surface area contributed by atoms with E-state index in [1.54, 1.807) is 0 Å². The van der Waals surface area contributed by atoms with Crippen LogP contribution in [0.3, 0.4) is 0 Å². The van der Waals surface area contributed by atoms with E-state index in [0.717, 1.165) is 19.6 Å². The van der Waals surface area contributed by atoms with Crippen molar-refractivity contribution in [3.05, 3.63) is 0 Å². The van der Waals surface area contributed by atoms with Crippen molar-refractivity contribution >= 4 is 0 Å². The Bertz CT molecular complexity index is 116. The average Bonchev–Trinajstić information content (AvgIpc) is 2.05. The number of hydrogen-bond donors (Lipinski definition) is 2. The molecule has 0 bridgehead atoms. The fourth-order valence-corrected chi connectivity index (χ4v) is 1.58. The molecule has 3 heteroatoms. The quantitative estimate of drug-likeness (QED) is 0.578. The molecule has 0 aliphatic carbocycles.